The van der Waals surface area contributed by atoms with Crippen molar-refractivity contribution in [1.82, 2.24) is 4.98 Å². The molecule has 1 N–H and O–H groups in total. The molecule has 24 heavy (non-hydrogen) atoms. The molecular formula is C15H16F2NO5P. The first kappa shape index (κ1) is 18.4. The van der Waals surface area contributed by atoms with E-state index in [4.69, 9.17) is 14.2 Å². The maximum Gasteiger partial charge on any atom is 0.404 e. The van der Waals surface area contributed by atoms with Crippen LogP contribution < -0.4 is 0 Å². The van der Waals surface area contributed by atoms with E-state index in [0.717, 1.165) is 18.3 Å². The first-order valence-corrected chi connectivity index (χ1v) is 8.70. The lowest BCUT2D eigenvalue weighted by Gasteiger charge is -2.26. The summed E-state index contributed by atoms with van der Waals surface area (Å²) < 4.78 is 51.3. The maximum atomic E-state index is 14.7. The van der Waals surface area contributed by atoms with Gasteiger partial charge in [0.2, 0.25) is 0 Å². The molecule has 0 unspecified atom stereocenters. The van der Waals surface area contributed by atoms with Crippen molar-refractivity contribution in [2.24, 2.45) is 0 Å². The molecule has 0 aliphatic heterocycles. The average Bonchev–Trinajstić information content (AvgIpc) is 2.54. The SMILES string of the molecule is CCOP(=O)(OCC)C(F)(F)c1ccc2ncc(C(=O)O)cc2c1. The van der Waals surface area contributed by atoms with E-state index >= 15 is 0 Å². The predicted octanol–water partition coefficient (Wildman–Crippen LogP) is 4.25. The van der Waals surface area contributed by atoms with E-state index < -0.39 is 24.8 Å². The van der Waals surface area contributed by atoms with Crippen molar-refractivity contribution >= 4 is 24.5 Å². The Bertz CT molecular complexity index is 802. The van der Waals surface area contributed by atoms with Gasteiger partial charge in [0.1, 0.15) is 0 Å². The Morgan fingerprint density at radius 3 is 2.42 bits per heavy atom. The Hall–Kier alpha value is -1.89. The van der Waals surface area contributed by atoms with Crippen molar-refractivity contribution in [3.63, 3.8) is 0 Å². The Kier molecular flexibility index (Phi) is 5.32. The zero-order valence-corrected chi connectivity index (χ0v) is 13.9. The van der Waals surface area contributed by atoms with Crippen LogP contribution >= 0.6 is 7.60 Å². The van der Waals surface area contributed by atoms with Gasteiger partial charge in [0.15, 0.2) is 0 Å². The molecule has 0 aliphatic carbocycles. The highest BCUT2D eigenvalue weighted by Crippen LogP contribution is 2.66. The van der Waals surface area contributed by atoms with Gasteiger partial charge in [-0.2, -0.15) is 8.78 Å². The Morgan fingerprint density at radius 1 is 1.25 bits per heavy atom. The molecule has 2 aromatic rings. The second-order valence-electron chi connectivity index (χ2n) is 4.81. The molecule has 1 aromatic heterocycles. The largest absolute Gasteiger partial charge is 0.478 e. The van der Waals surface area contributed by atoms with E-state index in [1.165, 1.54) is 26.0 Å². The standard InChI is InChI=1S/C15H16F2NO5P/c1-3-22-24(21,23-4-2)15(16,17)12-5-6-13-10(8-12)7-11(9-18-13)14(19)20/h5-9H,3-4H2,1-2H3,(H,19,20). The number of carboxylic acid groups (broad SMARTS) is 1. The first-order chi connectivity index (χ1) is 11.2. The third kappa shape index (κ3) is 3.31. The van der Waals surface area contributed by atoms with Gasteiger partial charge in [0, 0.05) is 17.1 Å². The van der Waals surface area contributed by atoms with Crippen LogP contribution in [0, 0.1) is 0 Å². The fourth-order valence-electron chi connectivity index (χ4n) is 2.13. The van der Waals surface area contributed by atoms with Crippen LogP contribution in [0.5, 0.6) is 0 Å². The minimum absolute atomic E-state index is 0.138. The minimum atomic E-state index is -4.72. The van der Waals surface area contributed by atoms with Gasteiger partial charge < -0.3 is 14.2 Å². The number of carbonyl (C=O) groups is 1. The zero-order valence-electron chi connectivity index (χ0n) is 13.0. The summed E-state index contributed by atoms with van der Waals surface area (Å²) in [5, 5.41) is 9.16. The smallest absolute Gasteiger partial charge is 0.404 e. The van der Waals surface area contributed by atoms with Crippen LogP contribution in [0.15, 0.2) is 30.5 Å². The molecular weight excluding hydrogens is 343 g/mol. The third-order valence-corrected chi connectivity index (χ3v) is 5.36. The summed E-state index contributed by atoms with van der Waals surface area (Å²) in [6.45, 7) is 2.47. The van der Waals surface area contributed by atoms with Gasteiger partial charge in [-0.15, -0.1) is 0 Å². The number of benzene rings is 1. The van der Waals surface area contributed by atoms with E-state index in [1.807, 2.05) is 0 Å². The number of alkyl halides is 2. The number of pyridine rings is 1. The third-order valence-electron chi connectivity index (χ3n) is 3.22. The summed E-state index contributed by atoms with van der Waals surface area (Å²) in [7, 11) is -4.72. The van der Waals surface area contributed by atoms with E-state index in [-0.39, 0.29) is 24.2 Å². The number of carboxylic acids is 1. The molecule has 0 aliphatic rings. The highest BCUT2D eigenvalue weighted by molar-refractivity contribution is 7.54. The fourth-order valence-corrected chi connectivity index (χ4v) is 3.67. The van der Waals surface area contributed by atoms with Crippen LogP contribution in [0.2, 0.25) is 0 Å². The lowest BCUT2D eigenvalue weighted by molar-refractivity contribution is 0.0361. The summed E-state index contributed by atoms with van der Waals surface area (Å²) in [5.41, 5.74) is -4.28. The highest BCUT2D eigenvalue weighted by atomic mass is 31.2. The lowest BCUT2D eigenvalue weighted by atomic mass is 10.1. The summed E-state index contributed by atoms with van der Waals surface area (Å²) in [6, 6.07) is 4.63. The van der Waals surface area contributed by atoms with Crippen LogP contribution in [0.25, 0.3) is 10.9 Å². The van der Waals surface area contributed by atoms with E-state index in [9.17, 15) is 18.1 Å². The molecule has 0 amide bonds. The monoisotopic (exact) mass is 359 g/mol. The van der Waals surface area contributed by atoms with Gasteiger partial charge in [-0.25, -0.2) is 4.79 Å². The van der Waals surface area contributed by atoms with Gasteiger partial charge in [-0.3, -0.25) is 9.55 Å². The van der Waals surface area contributed by atoms with Crippen molar-refractivity contribution in [3.05, 3.63) is 41.6 Å². The van der Waals surface area contributed by atoms with Crippen LogP contribution in [-0.2, 0) is 19.3 Å². The van der Waals surface area contributed by atoms with Gasteiger partial charge in [0.05, 0.1) is 24.3 Å². The Morgan fingerprint density at radius 2 is 1.88 bits per heavy atom. The van der Waals surface area contributed by atoms with Crippen molar-refractivity contribution < 1.29 is 32.3 Å². The molecule has 1 aromatic carbocycles. The highest BCUT2D eigenvalue weighted by Gasteiger charge is 2.54. The van der Waals surface area contributed by atoms with Crippen molar-refractivity contribution in [1.29, 1.82) is 0 Å². The molecule has 9 heteroatoms. The maximum absolute atomic E-state index is 14.7. The van der Waals surface area contributed by atoms with E-state index in [1.54, 1.807) is 0 Å². The number of aromatic carboxylic acids is 1. The van der Waals surface area contributed by atoms with Crippen LogP contribution in [0.1, 0.15) is 29.8 Å². The quantitative estimate of drug-likeness (QED) is 0.744. The number of rotatable bonds is 7. The fraction of sp³-hybridized carbons (Fsp3) is 0.333. The number of fused-ring (bicyclic) bond motifs is 1. The van der Waals surface area contributed by atoms with Gasteiger partial charge in [-0.05, 0) is 32.0 Å². The molecule has 6 nitrogen and oxygen atoms in total. The Balaban J connectivity index is 2.56. The molecule has 0 fully saturated rings. The second kappa shape index (κ2) is 6.93. The molecule has 0 saturated heterocycles. The number of aromatic nitrogens is 1. The van der Waals surface area contributed by atoms with Crippen LogP contribution in [0.3, 0.4) is 0 Å². The lowest BCUT2D eigenvalue weighted by Crippen LogP contribution is -2.18. The zero-order chi connectivity index (χ0) is 18.0. The number of hydrogen-bond donors (Lipinski definition) is 1. The van der Waals surface area contributed by atoms with Gasteiger partial charge >= 0.3 is 19.2 Å². The molecule has 0 atom stereocenters. The number of hydrogen-bond acceptors (Lipinski definition) is 5. The molecule has 0 bridgehead atoms. The normalized spacial score (nSPS) is 12.5. The molecule has 0 spiro atoms. The number of nitrogens with zero attached hydrogens (tertiary/aromatic N) is 1. The summed E-state index contributed by atoms with van der Waals surface area (Å²) in [5.74, 6) is -1.23. The predicted molar refractivity (Wildman–Crippen MR) is 83.5 cm³/mol. The topological polar surface area (TPSA) is 85.7 Å². The van der Waals surface area contributed by atoms with Gasteiger partial charge in [0.25, 0.3) is 0 Å². The van der Waals surface area contributed by atoms with Crippen molar-refractivity contribution in [2.45, 2.75) is 19.5 Å². The second-order valence-corrected chi connectivity index (χ2v) is 6.88. The number of halogens is 2. The first-order valence-electron chi connectivity index (χ1n) is 7.15. The summed E-state index contributed by atoms with van der Waals surface area (Å²) in [4.78, 5) is 14.9. The summed E-state index contributed by atoms with van der Waals surface area (Å²) >= 11 is 0. The molecule has 2 rings (SSSR count). The summed E-state index contributed by atoms with van der Waals surface area (Å²) in [6.07, 6.45) is 1.13. The molecule has 0 saturated carbocycles. The van der Waals surface area contributed by atoms with E-state index in [0.29, 0.717) is 5.52 Å². The van der Waals surface area contributed by atoms with Crippen LogP contribution in [0.4, 0.5) is 8.78 Å². The van der Waals surface area contributed by atoms with Gasteiger partial charge in [-0.1, -0.05) is 6.07 Å². The van der Waals surface area contributed by atoms with E-state index in [2.05, 4.69) is 4.98 Å². The minimum Gasteiger partial charge on any atom is -0.478 e. The Labute approximate surface area is 136 Å². The van der Waals surface area contributed by atoms with Crippen molar-refractivity contribution in [3.8, 4) is 0 Å². The average molecular weight is 359 g/mol. The van der Waals surface area contributed by atoms with Crippen molar-refractivity contribution in [2.75, 3.05) is 13.2 Å². The van der Waals surface area contributed by atoms with Crippen LogP contribution in [-0.4, -0.2) is 29.3 Å². The molecule has 0 radical (unpaired) electrons. The molecule has 1 heterocycles. The molecule has 130 valence electrons.